The highest BCUT2D eigenvalue weighted by Gasteiger charge is 2.26. The number of benzene rings is 1. The van der Waals surface area contributed by atoms with Crippen LogP contribution in [0.25, 0.3) is 0 Å². The number of sulfone groups is 1. The lowest BCUT2D eigenvalue weighted by atomic mass is 10.1. The number of nitrogens with zero attached hydrogens (tertiary/aromatic N) is 1. The number of rotatable bonds is 5. The molecule has 0 aromatic heterocycles. The molecule has 0 saturated carbocycles. The molecular weight excluding hydrogens is 298 g/mol. The van der Waals surface area contributed by atoms with Crippen molar-refractivity contribution in [1.82, 2.24) is 10.2 Å². The van der Waals surface area contributed by atoms with Gasteiger partial charge in [0.2, 0.25) is 9.84 Å². The lowest BCUT2D eigenvalue weighted by Gasteiger charge is -2.32. The normalized spacial score (nSPS) is 20.9. The molecule has 1 aromatic rings. The van der Waals surface area contributed by atoms with E-state index in [-0.39, 0.29) is 4.90 Å². The van der Waals surface area contributed by atoms with E-state index < -0.39 is 15.6 Å². The quantitative estimate of drug-likeness (QED) is 0.900. The summed E-state index contributed by atoms with van der Waals surface area (Å²) in [7, 11) is -2.55. The maximum atomic E-state index is 12.5. The van der Waals surface area contributed by atoms with Gasteiger partial charge < -0.3 is 5.32 Å². The van der Waals surface area contributed by atoms with E-state index in [1.165, 1.54) is 12.1 Å². The van der Waals surface area contributed by atoms with Crippen LogP contribution >= 0.6 is 0 Å². The highest BCUT2D eigenvalue weighted by atomic mass is 32.2. The van der Waals surface area contributed by atoms with Gasteiger partial charge in [0.15, 0.2) is 0 Å². The second-order valence-electron chi connectivity index (χ2n) is 5.31. The summed E-state index contributed by atoms with van der Waals surface area (Å²) in [5, 5.41) is 3.26. The molecule has 1 heterocycles. The molecule has 2 rings (SSSR count). The molecule has 0 amide bonds. The molecule has 1 aliphatic heterocycles. The molecule has 1 aliphatic rings. The lowest BCUT2D eigenvalue weighted by Crippen LogP contribution is -2.43. The molecule has 4 nitrogen and oxygen atoms in total. The molecular formula is C14H20F2N2O2S. The van der Waals surface area contributed by atoms with E-state index >= 15 is 0 Å². The average molecular weight is 318 g/mol. The van der Waals surface area contributed by atoms with Crippen molar-refractivity contribution in [3.05, 3.63) is 29.8 Å². The zero-order valence-electron chi connectivity index (χ0n) is 11.9. The van der Waals surface area contributed by atoms with Crippen molar-refractivity contribution < 1.29 is 17.2 Å². The van der Waals surface area contributed by atoms with Crippen LogP contribution in [0, 0.1) is 0 Å². The number of likely N-dealkylation sites (tertiary alicyclic amines) is 1. The molecule has 0 aliphatic carbocycles. The number of halogens is 2. The van der Waals surface area contributed by atoms with Gasteiger partial charge in [-0.1, -0.05) is 12.1 Å². The van der Waals surface area contributed by atoms with Crippen molar-refractivity contribution in [3.63, 3.8) is 0 Å². The van der Waals surface area contributed by atoms with Crippen molar-refractivity contribution in [1.29, 1.82) is 0 Å². The van der Waals surface area contributed by atoms with Crippen LogP contribution in [0.3, 0.4) is 0 Å². The van der Waals surface area contributed by atoms with Crippen molar-refractivity contribution in [2.75, 3.05) is 20.1 Å². The second kappa shape index (κ2) is 6.81. The zero-order chi connectivity index (χ0) is 15.5. The largest absolute Gasteiger partial charge is 0.341 e. The van der Waals surface area contributed by atoms with E-state index in [0.29, 0.717) is 12.6 Å². The molecule has 0 radical (unpaired) electrons. The van der Waals surface area contributed by atoms with Crippen LogP contribution in [-0.2, 0) is 16.4 Å². The molecule has 1 aromatic carbocycles. The molecule has 7 heteroatoms. The van der Waals surface area contributed by atoms with Crippen LogP contribution in [0.5, 0.6) is 0 Å². The fourth-order valence-electron chi connectivity index (χ4n) is 2.58. The smallest absolute Gasteiger partial charge is 0.316 e. The van der Waals surface area contributed by atoms with E-state index in [1.807, 2.05) is 7.05 Å². The van der Waals surface area contributed by atoms with Gasteiger partial charge in [0.25, 0.3) is 0 Å². The lowest BCUT2D eigenvalue weighted by molar-refractivity contribution is 0.188. The molecule has 1 atom stereocenters. The van der Waals surface area contributed by atoms with Crippen LogP contribution in [0.15, 0.2) is 29.2 Å². The molecule has 0 spiro atoms. The Balaban J connectivity index is 2.03. The third-order valence-corrected chi connectivity index (χ3v) is 5.20. The van der Waals surface area contributed by atoms with Crippen molar-refractivity contribution >= 4 is 9.84 Å². The van der Waals surface area contributed by atoms with Gasteiger partial charge in [-0.25, -0.2) is 8.42 Å². The predicted octanol–water partition coefficient (Wildman–Crippen LogP) is 1.87. The minimum absolute atomic E-state index is 0.326. The summed E-state index contributed by atoms with van der Waals surface area (Å²) < 4.78 is 47.6. The first-order chi connectivity index (χ1) is 9.93. The maximum Gasteiger partial charge on any atom is 0.341 e. The van der Waals surface area contributed by atoms with E-state index in [4.69, 9.17) is 0 Å². The van der Waals surface area contributed by atoms with Crippen molar-refractivity contribution in [2.24, 2.45) is 0 Å². The summed E-state index contributed by atoms with van der Waals surface area (Å²) in [5.41, 5.74) is 0.931. The number of hydrogen-bond acceptors (Lipinski definition) is 4. The van der Waals surface area contributed by atoms with Gasteiger partial charge in [-0.2, -0.15) is 8.78 Å². The monoisotopic (exact) mass is 318 g/mol. The van der Waals surface area contributed by atoms with Gasteiger partial charge >= 0.3 is 5.76 Å². The Morgan fingerprint density at radius 1 is 1.33 bits per heavy atom. The Kier molecular flexibility index (Phi) is 5.29. The minimum Gasteiger partial charge on any atom is -0.316 e. The summed E-state index contributed by atoms with van der Waals surface area (Å²) >= 11 is 0. The van der Waals surface area contributed by atoms with Gasteiger partial charge in [0.1, 0.15) is 0 Å². The van der Waals surface area contributed by atoms with Crippen LogP contribution in [0.4, 0.5) is 8.78 Å². The molecule has 1 unspecified atom stereocenters. The van der Waals surface area contributed by atoms with E-state index in [0.717, 1.165) is 31.5 Å². The third kappa shape index (κ3) is 3.99. The minimum atomic E-state index is -4.50. The molecule has 1 N–H and O–H groups in total. The first kappa shape index (κ1) is 16.3. The number of piperidine rings is 1. The number of likely N-dealkylation sites (N-methyl/N-ethyl adjacent to an activating group) is 1. The first-order valence-corrected chi connectivity index (χ1v) is 8.48. The summed E-state index contributed by atoms with van der Waals surface area (Å²) in [6.45, 7) is 2.63. The zero-order valence-corrected chi connectivity index (χ0v) is 12.7. The van der Waals surface area contributed by atoms with Gasteiger partial charge in [-0.3, -0.25) is 4.90 Å². The molecule has 1 fully saturated rings. The van der Waals surface area contributed by atoms with Crippen LogP contribution in [-0.4, -0.2) is 45.3 Å². The number of hydrogen-bond donors (Lipinski definition) is 1. The number of nitrogens with one attached hydrogen (secondary N) is 1. The van der Waals surface area contributed by atoms with E-state index in [2.05, 4.69) is 10.2 Å². The summed E-state index contributed by atoms with van der Waals surface area (Å²) in [6.07, 6.45) is 2.27. The standard InChI is InChI=1S/C14H20F2N2O2S/c1-17-12-3-2-8-18(10-12)9-11-4-6-13(7-5-11)21(19,20)14(15)16/h4-7,12,14,17H,2-3,8-10H2,1H3. The Morgan fingerprint density at radius 3 is 2.57 bits per heavy atom. The second-order valence-corrected chi connectivity index (χ2v) is 7.23. The maximum absolute atomic E-state index is 12.5. The Morgan fingerprint density at radius 2 is 2.00 bits per heavy atom. The summed E-state index contributed by atoms with van der Waals surface area (Å²) in [5.74, 6) is -3.37. The molecule has 21 heavy (non-hydrogen) atoms. The topological polar surface area (TPSA) is 49.4 Å². The Hall–Kier alpha value is -1.05. The SMILES string of the molecule is CNC1CCCN(Cc2ccc(S(=O)(=O)C(F)F)cc2)C1. The van der Waals surface area contributed by atoms with Crippen molar-refractivity contribution in [2.45, 2.75) is 36.1 Å². The molecule has 118 valence electrons. The summed E-state index contributed by atoms with van der Waals surface area (Å²) in [4.78, 5) is 1.95. The third-order valence-electron chi connectivity index (χ3n) is 3.81. The highest BCUT2D eigenvalue weighted by molar-refractivity contribution is 7.91. The van der Waals surface area contributed by atoms with Crippen LogP contribution in [0.2, 0.25) is 0 Å². The number of alkyl halides is 2. The fraction of sp³-hybridized carbons (Fsp3) is 0.571. The summed E-state index contributed by atoms with van der Waals surface area (Å²) in [6, 6.07) is 6.21. The molecule has 1 saturated heterocycles. The fourth-order valence-corrected chi connectivity index (χ4v) is 3.30. The highest BCUT2D eigenvalue weighted by Crippen LogP contribution is 2.20. The van der Waals surface area contributed by atoms with E-state index in [1.54, 1.807) is 12.1 Å². The van der Waals surface area contributed by atoms with E-state index in [9.17, 15) is 17.2 Å². The van der Waals surface area contributed by atoms with Gasteiger partial charge in [0, 0.05) is 19.1 Å². The van der Waals surface area contributed by atoms with Crippen LogP contribution < -0.4 is 5.32 Å². The van der Waals surface area contributed by atoms with Gasteiger partial charge in [-0.05, 0) is 44.1 Å². The van der Waals surface area contributed by atoms with Crippen LogP contribution in [0.1, 0.15) is 18.4 Å². The Bertz CT molecular complexity index is 561. The first-order valence-electron chi connectivity index (χ1n) is 6.94. The molecule has 0 bridgehead atoms. The van der Waals surface area contributed by atoms with Crippen molar-refractivity contribution in [3.8, 4) is 0 Å². The van der Waals surface area contributed by atoms with Gasteiger partial charge in [-0.15, -0.1) is 0 Å². The predicted molar refractivity (Wildman–Crippen MR) is 77.0 cm³/mol. The Labute approximate surface area is 124 Å². The van der Waals surface area contributed by atoms with Gasteiger partial charge in [0.05, 0.1) is 4.90 Å². The average Bonchev–Trinajstić information content (AvgIpc) is 2.48.